The van der Waals surface area contributed by atoms with Crippen LogP contribution in [0.2, 0.25) is 0 Å². The first kappa shape index (κ1) is 18.2. The van der Waals surface area contributed by atoms with Gasteiger partial charge in [-0.3, -0.25) is 9.59 Å². The summed E-state index contributed by atoms with van der Waals surface area (Å²) in [5, 5.41) is 14.8. The summed E-state index contributed by atoms with van der Waals surface area (Å²) in [6.45, 7) is 5.80. The van der Waals surface area contributed by atoms with Gasteiger partial charge in [0.15, 0.2) is 0 Å². The van der Waals surface area contributed by atoms with Crippen LogP contribution < -0.4 is 10.6 Å². The Hall–Kier alpha value is -1.88. The van der Waals surface area contributed by atoms with Crippen LogP contribution in [-0.2, 0) is 16.0 Å². The SMILES string of the molecule is CCCC(=O)Nc1ccc(CC(=O)NC(CO)C(C)C)cc1. The van der Waals surface area contributed by atoms with E-state index in [1.807, 2.05) is 32.9 Å². The van der Waals surface area contributed by atoms with Crippen LogP contribution in [0.5, 0.6) is 0 Å². The highest BCUT2D eigenvalue weighted by Crippen LogP contribution is 2.11. The fourth-order valence-corrected chi connectivity index (χ4v) is 2.02. The van der Waals surface area contributed by atoms with E-state index in [1.54, 1.807) is 12.1 Å². The molecular formula is C17H26N2O3. The van der Waals surface area contributed by atoms with Gasteiger partial charge in [0.1, 0.15) is 0 Å². The third-order valence-electron chi connectivity index (χ3n) is 3.43. The van der Waals surface area contributed by atoms with Crippen LogP contribution in [0, 0.1) is 5.92 Å². The van der Waals surface area contributed by atoms with Crippen molar-refractivity contribution in [1.29, 1.82) is 0 Å². The topological polar surface area (TPSA) is 78.4 Å². The van der Waals surface area contributed by atoms with E-state index < -0.39 is 0 Å². The molecule has 1 aromatic rings. The molecule has 5 heteroatoms. The molecular weight excluding hydrogens is 280 g/mol. The van der Waals surface area contributed by atoms with Crippen LogP contribution in [-0.4, -0.2) is 29.6 Å². The van der Waals surface area contributed by atoms with E-state index >= 15 is 0 Å². The minimum absolute atomic E-state index is 0.00397. The number of nitrogens with one attached hydrogen (secondary N) is 2. The van der Waals surface area contributed by atoms with Crippen molar-refractivity contribution in [1.82, 2.24) is 5.32 Å². The van der Waals surface area contributed by atoms with Crippen LogP contribution in [0.15, 0.2) is 24.3 Å². The lowest BCUT2D eigenvalue weighted by atomic mass is 10.0. The summed E-state index contributed by atoms with van der Waals surface area (Å²) >= 11 is 0. The van der Waals surface area contributed by atoms with Gasteiger partial charge in [-0.15, -0.1) is 0 Å². The Labute approximate surface area is 132 Å². The summed E-state index contributed by atoms with van der Waals surface area (Å²) in [5.74, 6) is 0.0661. The maximum Gasteiger partial charge on any atom is 0.224 e. The van der Waals surface area contributed by atoms with Crippen molar-refractivity contribution in [2.24, 2.45) is 5.92 Å². The molecule has 2 amide bonds. The quantitative estimate of drug-likeness (QED) is 0.688. The van der Waals surface area contributed by atoms with Crippen LogP contribution in [0.1, 0.15) is 39.2 Å². The second-order valence-corrected chi connectivity index (χ2v) is 5.77. The molecule has 22 heavy (non-hydrogen) atoms. The van der Waals surface area contributed by atoms with Crippen molar-refractivity contribution in [3.63, 3.8) is 0 Å². The van der Waals surface area contributed by atoms with Gasteiger partial charge in [-0.25, -0.2) is 0 Å². The summed E-state index contributed by atoms with van der Waals surface area (Å²) in [6.07, 6.45) is 1.57. The monoisotopic (exact) mass is 306 g/mol. The Morgan fingerprint density at radius 2 is 1.77 bits per heavy atom. The van der Waals surface area contributed by atoms with Crippen molar-refractivity contribution < 1.29 is 14.7 Å². The zero-order valence-corrected chi connectivity index (χ0v) is 13.6. The van der Waals surface area contributed by atoms with Gasteiger partial charge in [0.2, 0.25) is 11.8 Å². The average Bonchev–Trinajstić information content (AvgIpc) is 2.46. The van der Waals surface area contributed by atoms with Crippen molar-refractivity contribution >= 4 is 17.5 Å². The molecule has 0 heterocycles. The number of hydrogen-bond donors (Lipinski definition) is 3. The smallest absolute Gasteiger partial charge is 0.224 e. The molecule has 0 saturated heterocycles. The standard InChI is InChI=1S/C17H26N2O3/c1-4-5-16(21)18-14-8-6-13(7-9-14)10-17(22)19-15(11-20)12(2)3/h6-9,12,15,20H,4-5,10-11H2,1-3H3,(H,18,21)(H,19,22). The van der Waals surface area contributed by atoms with Gasteiger partial charge in [-0.1, -0.05) is 32.9 Å². The number of anilines is 1. The molecule has 1 rings (SSSR count). The minimum Gasteiger partial charge on any atom is -0.394 e. The molecule has 0 aliphatic rings. The lowest BCUT2D eigenvalue weighted by Gasteiger charge is -2.19. The van der Waals surface area contributed by atoms with Crippen LogP contribution in [0.25, 0.3) is 0 Å². The molecule has 0 fully saturated rings. The van der Waals surface area contributed by atoms with Gasteiger partial charge in [0, 0.05) is 12.1 Å². The number of carbonyl (C=O) groups excluding carboxylic acids is 2. The second kappa shape index (κ2) is 9.20. The highest BCUT2D eigenvalue weighted by Gasteiger charge is 2.15. The Kier molecular flexibility index (Phi) is 7.60. The molecule has 0 aliphatic carbocycles. The van der Waals surface area contributed by atoms with Crippen molar-refractivity contribution in [3.8, 4) is 0 Å². The Morgan fingerprint density at radius 3 is 2.27 bits per heavy atom. The summed E-state index contributed by atoms with van der Waals surface area (Å²) in [5.41, 5.74) is 1.60. The maximum atomic E-state index is 11.9. The fraction of sp³-hybridized carbons (Fsp3) is 0.529. The highest BCUT2D eigenvalue weighted by molar-refractivity contribution is 5.90. The first-order valence-electron chi connectivity index (χ1n) is 7.75. The lowest BCUT2D eigenvalue weighted by Crippen LogP contribution is -2.41. The van der Waals surface area contributed by atoms with E-state index in [4.69, 9.17) is 0 Å². The predicted octanol–water partition coefficient (Wildman–Crippen LogP) is 2.10. The molecule has 0 aliphatic heterocycles. The molecule has 0 aromatic heterocycles. The van der Waals surface area contributed by atoms with E-state index in [2.05, 4.69) is 10.6 Å². The number of amides is 2. The maximum absolute atomic E-state index is 11.9. The Balaban J connectivity index is 2.53. The van der Waals surface area contributed by atoms with Gasteiger partial charge >= 0.3 is 0 Å². The van der Waals surface area contributed by atoms with E-state index in [1.165, 1.54) is 0 Å². The van der Waals surface area contributed by atoms with Gasteiger partial charge in [-0.05, 0) is 30.0 Å². The Morgan fingerprint density at radius 1 is 1.14 bits per heavy atom. The van der Waals surface area contributed by atoms with Crippen LogP contribution >= 0.6 is 0 Å². The van der Waals surface area contributed by atoms with Crippen molar-refractivity contribution in [2.75, 3.05) is 11.9 Å². The van der Waals surface area contributed by atoms with E-state index in [0.717, 1.165) is 17.7 Å². The Bertz CT molecular complexity index is 483. The minimum atomic E-state index is -0.222. The zero-order valence-electron chi connectivity index (χ0n) is 13.6. The number of aliphatic hydroxyl groups is 1. The molecule has 1 unspecified atom stereocenters. The molecule has 1 aromatic carbocycles. The molecule has 5 nitrogen and oxygen atoms in total. The van der Waals surface area contributed by atoms with E-state index in [-0.39, 0.29) is 36.8 Å². The number of carbonyl (C=O) groups is 2. The van der Waals surface area contributed by atoms with Gasteiger partial charge in [-0.2, -0.15) is 0 Å². The fourth-order valence-electron chi connectivity index (χ4n) is 2.02. The third-order valence-corrected chi connectivity index (χ3v) is 3.43. The third kappa shape index (κ3) is 6.26. The zero-order chi connectivity index (χ0) is 16.5. The predicted molar refractivity (Wildman–Crippen MR) is 87.5 cm³/mol. The van der Waals surface area contributed by atoms with Crippen molar-refractivity contribution in [2.45, 2.75) is 46.1 Å². The number of aliphatic hydroxyl groups excluding tert-OH is 1. The largest absolute Gasteiger partial charge is 0.394 e. The van der Waals surface area contributed by atoms with Crippen LogP contribution in [0.3, 0.4) is 0 Å². The molecule has 1 atom stereocenters. The normalized spacial score (nSPS) is 12.0. The molecule has 3 N–H and O–H groups in total. The first-order chi connectivity index (χ1) is 10.5. The molecule has 0 radical (unpaired) electrons. The van der Waals surface area contributed by atoms with E-state index in [0.29, 0.717) is 6.42 Å². The summed E-state index contributed by atoms with van der Waals surface area (Å²) in [4.78, 5) is 23.4. The molecule has 0 spiro atoms. The molecule has 122 valence electrons. The second-order valence-electron chi connectivity index (χ2n) is 5.77. The van der Waals surface area contributed by atoms with Crippen molar-refractivity contribution in [3.05, 3.63) is 29.8 Å². The number of benzene rings is 1. The number of rotatable bonds is 8. The van der Waals surface area contributed by atoms with Gasteiger partial charge in [0.05, 0.1) is 19.1 Å². The molecule has 0 saturated carbocycles. The van der Waals surface area contributed by atoms with Gasteiger partial charge < -0.3 is 15.7 Å². The first-order valence-corrected chi connectivity index (χ1v) is 7.75. The van der Waals surface area contributed by atoms with Gasteiger partial charge in [0.25, 0.3) is 0 Å². The summed E-state index contributed by atoms with van der Waals surface area (Å²) in [7, 11) is 0. The van der Waals surface area contributed by atoms with Crippen LogP contribution in [0.4, 0.5) is 5.69 Å². The summed E-state index contributed by atoms with van der Waals surface area (Å²) in [6, 6.07) is 7.01. The average molecular weight is 306 g/mol. The van der Waals surface area contributed by atoms with E-state index in [9.17, 15) is 14.7 Å². The summed E-state index contributed by atoms with van der Waals surface area (Å²) < 4.78 is 0. The molecule has 0 bridgehead atoms. The highest BCUT2D eigenvalue weighted by atomic mass is 16.3. The lowest BCUT2D eigenvalue weighted by molar-refractivity contribution is -0.121. The number of hydrogen-bond acceptors (Lipinski definition) is 3.